The fraction of sp³-hybridized carbons (Fsp3) is 0.429. The number of benzene rings is 1. The molecule has 1 atom stereocenters. The fourth-order valence-electron chi connectivity index (χ4n) is 1.89. The van der Waals surface area contributed by atoms with E-state index in [1.807, 2.05) is 0 Å². The number of carboxylic acid groups (broad SMARTS) is 1. The highest BCUT2D eigenvalue weighted by Gasteiger charge is 2.32. The number of rotatable bonds is 5. The van der Waals surface area contributed by atoms with Crippen LogP contribution in [-0.2, 0) is 14.6 Å². The summed E-state index contributed by atoms with van der Waals surface area (Å²) >= 11 is 0. The van der Waals surface area contributed by atoms with Crippen LogP contribution in [0.15, 0.2) is 23.1 Å². The molecule has 6 nitrogen and oxygen atoms in total. The van der Waals surface area contributed by atoms with Crippen molar-refractivity contribution in [2.45, 2.75) is 43.9 Å². The predicted octanol–water partition coefficient (Wildman–Crippen LogP) is 1.38. The van der Waals surface area contributed by atoms with Gasteiger partial charge in [-0.05, 0) is 45.4 Å². The topological polar surface area (TPSA) is 101 Å². The highest BCUT2D eigenvalue weighted by Crippen LogP contribution is 2.23. The Morgan fingerprint density at radius 1 is 1.19 bits per heavy atom. The van der Waals surface area contributed by atoms with Gasteiger partial charge in [0, 0.05) is 6.04 Å². The molecule has 0 bridgehead atoms. The summed E-state index contributed by atoms with van der Waals surface area (Å²) in [6.45, 7) is 6.17. The van der Waals surface area contributed by atoms with Gasteiger partial charge in [0.2, 0.25) is 5.91 Å². The van der Waals surface area contributed by atoms with E-state index in [-0.39, 0.29) is 22.1 Å². The third-order valence-electron chi connectivity index (χ3n) is 3.09. The minimum Gasteiger partial charge on any atom is -0.478 e. The van der Waals surface area contributed by atoms with E-state index in [0.29, 0.717) is 0 Å². The zero-order valence-corrected chi connectivity index (χ0v) is 13.2. The van der Waals surface area contributed by atoms with Gasteiger partial charge in [-0.1, -0.05) is 6.07 Å². The molecule has 0 saturated carbocycles. The summed E-state index contributed by atoms with van der Waals surface area (Å²) in [6.07, 6.45) is 0. The van der Waals surface area contributed by atoms with Crippen LogP contribution in [0.5, 0.6) is 0 Å². The Bertz CT molecular complexity index is 664. The van der Waals surface area contributed by atoms with Gasteiger partial charge < -0.3 is 10.4 Å². The molecule has 1 amide bonds. The molecule has 2 N–H and O–H groups in total. The van der Waals surface area contributed by atoms with Crippen molar-refractivity contribution in [3.05, 3.63) is 29.3 Å². The first kappa shape index (κ1) is 17.2. The molecule has 0 heterocycles. The summed E-state index contributed by atoms with van der Waals surface area (Å²) in [5.41, 5.74) is 0.0433. The average Bonchev–Trinajstić information content (AvgIpc) is 2.36. The molecule has 0 aliphatic rings. The molecule has 1 aromatic rings. The number of sulfone groups is 1. The van der Waals surface area contributed by atoms with Crippen LogP contribution in [0.25, 0.3) is 0 Å². The van der Waals surface area contributed by atoms with Gasteiger partial charge in [-0.15, -0.1) is 0 Å². The van der Waals surface area contributed by atoms with Crippen molar-refractivity contribution in [3.8, 4) is 0 Å². The van der Waals surface area contributed by atoms with Crippen molar-refractivity contribution < 1.29 is 23.1 Å². The summed E-state index contributed by atoms with van der Waals surface area (Å²) < 4.78 is 25.0. The lowest BCUT2D eigenvalue weighted by atomic mass is 10.1. The van der Waals surface area contributed by atoms with Gasteiger partial charge in [0.1, 0.15) is 5.25 Å². The lowest BCUT2D eigenvalue weighted by Gasteiger charge is -2.17. The van der Waals surface area contributed by atoms with Crippen LogP contribution in [0.1, 0.15) is 36.7 Å². The van der Waals surface area contributed by atoms with Gasteiger partial charge in [0.25, 0.3) is 0 Å². The van der Waals surface area contributed by atoms with Crippen LogP contribution in [0.3, 0.4) is 0 Å². The number of carbonyl (C=O) groups is 2. The second-order valence-corrected chi connectivity index (χ2v) is 7.32. The van der Waals surface area contributed by atoms with E-state index in [4.69, 9.17) is 5.11 Å². The van der Waals surface area contributed by atoms with Gasteiger partial charge in [-0.2, -0.15) is 0 Å². The lowest BCUT2D eigenvalue weighted by Crippen LogP contribution is -2.41. The normalized spacial score (nSPS) is 13.0. The van der Waals surface area contributed by atoms with Crippen LogP contribution >= 0.6 is 0 Å². The first-order valence-corrected chi connectivity index (χ1v) is 8.00. The molecule has 1 aromatic carbocycles. The second-order valence-electron chi connectivity index (χ2n) is 5.08. The first-order chi connectivity index (χ1) is 9.59. The van der Waals surface area contributed by atoms with Crippen molar-refractivity contribution in [1.29, 1.82) is 0 Å². The number of aromatic carboxylic acids is 1. The van der Waals surface area contributed by atoms with Crippen LogP contribution in [-0.4, -0.2) is 36.7 Å². The Morgan fingerprint density at radius 3 is 2.24 bits per heavy atom. The van der Waals surface area contributed by atoms with Crippen molar-refractivity contribution >= 4 is 21.7 Å². The third kappa shape index (κ3) is 3.60. The molecule has 0 aliphatic carbocycles. The van der Waals surface area contributed by atoms with E-state index in [9.17, 15) is 18.0 Å². The van der Waals surface area contributed by atoms with E-state index in [2.05, 4.69) is 5.32 Å². The number of nitrogens with one attached hydrogen (secondary N) is 1. The Hall–Kier alpha value is -1.89. The van der Waals surface area contributed by atoms with Gasteiger partial charge in [-0.3, -0.25) is 4.79 Å². The molecule has 1 unspecified atom stereocenters. The third-order valence-corrected chi connectivity index (χ3v) is 5.29. The second kappa shape index (κ2) is 6.26. The largest absolute Gasteiger partial charge is 0.478 e. The molecule has 0 spiro atoms. The van der Waals surface area contributed by atoms with Gasteiger partial charge in [0.15, 0.2) is 9.84 Å². The Labute approximate surface area is 124 Å². The van der Waals surface area contributed by atoms with Crippen LogP contribution in [0.4, 0.5) is 0 Å². The summed E-state index contributed by atoms with van der Waals surface area (Å²) in [7, 11) is -3.95. The van der Waals surface area contributed by atoms with Crippen LogP contribution < -0.4 is 5.32 Å². The van der Waals surface area contributed by atoms with Crippen LogP contribution in [0.2, 0.25) is 0 Å². The minimum atomic E-state index is -3.95. The predicted molar refractivity (Wildman–Crippen MR) is 78.1 cm³/mol. The zero-order chi connectivity index (χ0) is 16.4. The van der Waals surface area contributed by atoms with Crippen molar-refractivity contribution in [2.75, 3.05) is 0 Å². The van der Waals surface area contributed by atoms with Crippen LogP contribution in [0, 0.1) is 6.92 Å². The molecule has 0 radical (unpaired) electrons. The molecule has 7 heteroatoms. The number of carboxylic acids is 1. The maximum atomic E-state index is 12.5. The number of carbonyl (C=O) groups excluding carboxylic acids is 1. The summed E-state index contributed by atoms with van der Waals surface area (Å²) in [6, 6.07) is 3.82. The van der Waals surface area contributed by atoms with Crippen molar-refractivity contribution in [2.24, 2.45) is 0 Å². The molecule has 116 valence electrons. The van der Waals surface area contributed by atoms with E-state index in [0.717, 1.165) is 0 Å². The molecule has 0 saturated heterocycles. The average molecular weight is 313 g/mol. The Morgan fingerprint density at radius 2 is 1.76 bits per heavy atom. The molecular formula is C14H19NO5S. The molecular weight excluding hydrogens is 294 g/mol. The van der Waals surface area contributed by atoms with Gasteiger partial charge in [-0.25, -0.2) is 13.2 Å². The maximum Gasteiger partial charge on any atom is 0.335 e. The van der Waals surface area contributed by atoms with E-state index in [1.165, 1.54) is 32.0 Å². The monoisotopic (exact) mass is 313 g/mol. The van der Waals surface area contributed by atoms with Crippen molar-refractivity contribution in [3.63, 3.8) is 0 Å². The number of amides is 1. The van der Waals surface area contributed by atoms with E-state index < -0.39 is 27.0 Å². The maximum absolute atomic E-state index is 12.5. The number of hydrogen-bond acceptors (Lipinski definition) is 4. The standard InChI is InChI=1S/C14H19NO5S/c1-8(2)15-13(16)10(4)21(19,20)12-7-5-6-11(9(12)3)14(17)18/h5-8,10H,1-4H3,(H,15,16)(H,17,18). The highest BCUT2D eigenvalue weighted by molar-refractivity contribution is 7.92. The SMILES string of the molecule is Cc1c(C(=O)O)cccc1S(=O)(=O)C(C)C(=O)NC(C)C. The first-order valence-electron chi connectivity index (χ1n) is 6.46. The fourth-order valence-corrected chi connectivity index (χ4v) is 3.42. The smallest absolute Gasteiger partial charge is 0.335 e. The highest BCUT2D eigenvalue weighted by atomic mass is 32.2. The summed E-state index contributed by atoms with van der Waals surface area (Å²) in [5, 5.41) is 10.3. The molecule has 0 fully saturated rings. The Balaban J connectivity index is 3.29. The zero-order valence-electron chi connectivity index (χ0n) is 12.4. The van der Waals surface area contributed by atoms with E-state index in [1.54, 1.807) is 13.8 Å². The summed E-state index contributed by atoms with van der Waals surface area (Å²) in [5.74, 6) is -1.81. The van der Waals surface area contributed by atoms with E-state index >= 15 is 0 Å². The quantitative estimate of drug-likeness (QED) is 0.855. The molecule has 1 rings (SSSR count). The Kier molecular flexibility index (Phi) is 5.11. The minimum absolute atomic E-state index is 0.0902. The molecule has 21 heavy (non-hydrogen) atoms. The molecule has 0 aromatic heterocycles. The van der Waals surface area contributed by atoms with Gasteiger partial charge >= 0.3 is 5.97 Å². The van der Waals surface area contributed by atoms with Crippen molar-refractivity contribution in [1.82, 2.24) is 5.32 Å². The summed E-state index contributed by atoms with van der Waals surface area (Å²) in [4.78, 5) is 22.8. The number of hydrogen-bond donors (Lipinski definition) is 2. The molecule has 0 aliphatic heterocycles. The lowest BCUT2D eigenvalue weighted by molar-refractivity contribution is -0.120. The van der Waals surface area contributed by atoms with Gasteiger partial charge in [0.05, 0.1) is 10.5 Å².